The minimum absolute atomic E-state index is 0.00464. The molecule has 0 bridgehead atoms. The molecule has 0 spiro atoms. The lowest BCUT2D eigenvalue weighted by atomic mass is 9.98. The van der Waals surface area contributed by atoms with Gasteiger partial charge >= 0.3 is 12.1 Å². The van der Waals surface area contributed by atoms with Gasteiger partial charge in [0.1, 0.15) is 11.2 Å². The number of hydrogen-bond donors (Lipinski definition) is 1. The van der Waals surface area contributed by atoms with Crippen LogP contribution in [0.1, 0.15) is 23.5 Å². The third-order valence-electron chi connectivity index (χ3n) is 5.86. The predicted octanol–water partition coefficient (Wildman–Crippen LogP) is 7.37. The molecule has 3 aromatic carbocycles. The first-order valence-corrected chi connectivity index (χ1v) is 13.5. The summed E-state index contributed by atoms with van der Waals surface area (Å²) in [4.78, 5) is 29.4. The summed E-state index contributed by atoms with van der Waals surface area (Å²) in [6.07, 6.45) is 0.718. The Balaban J connectivity index is 0.000000396. The zero-order chi connectivity index (χ0) is 26.2. The molecule has 8 heteroatoms. The number of benzene rings is 3. The van der Waals surface area contributed by atoms with Crippen LogP contribution in [0.4, 0.5) is 10.5 Å². The maximum atomic E-state index is 12.9. The van der Waals surface area contributed by atoms with Gasteiger partial charge in [-0.3, -0.25) is 9.69 Å². The first kappa shape index (κ1) is 26.8. The zero-order valence-corrected chi connectivity index (χ0v) is 23.5. The summed E-state index contributed by atoms with van der Waals surface area (Å²) in [6.45, 7) is 0.162. The quantitative estimate of drug-likeness (QED) is 0.171. The second kappa shape index (κ2) is 12.8. The van der Waals surface area contributed by atoms with Crippen LogP contribution in [0.5, 0.6) is 0 Å². The molecule has 0 radical (unpaired) electrons. The van der Waals surface area contributed by atoms with E-state index in [1.807, 2.05) is 42.5 Å². The Morgan fingerprint density at radius 1 is 0.892 bits per heavy atom. The van der Waals surface area contributed by atoms with Crippen LogP contribution in [0.15, 0.2) is 102 Å². The van der Waals surface area contributed by atoms with Gasteiger partial charge in [0.25, 0.3) is 0 Å². The summed E-state index contributed by atoms with van der Waals surface area (Å²) in [7, 11) is 0. The topological polar surface area (TPSA) is 79.7 Å². The molecule has 0 unspecified atom stereocenters. The van der Waals surface area contributed by atoms with E-state index >= 15 is 0 Å². The molecule has 6 nitrogen and oxygen atoms in total. The van der Waals surface area contributed by atoms with Gasteiger partial charge in [-0.25, -0.2) is 9.78 Å². The van der Waals surface area contributed by atoms with Gasteiger partial charge in [0.15, 0.2) is 0 Å². The number of carboxylic acids is 1. The SMILES string of the molecule is Ic1ccccc1.O=C(O)CCN(C(=O)OCC1c2ccccc2-c2ccccc21)c1ccc(Br)nc1. The Morgan fingerprint density at radius 3 is 2.00 bits per heavy atom. The number of hydrogen-bond acceptors (Lipinski definition) is 4. The Labute approximate surface area is 237 Å². The number of rotatable bonds is 6. The molecule has 1 N–H and O–H groups in total. The first-order valence-electron chi connectivity index (χ1n) is 11.6. The average Bonchev–Trinajstić information content (AvgIpc) is 3.23. The van der Waals surface area contributed by atoms with Crippen LogP contribution in [0.2, 0.25) is 0 Å². The van der Waals surface area contributed by atoms with E-state index in [1.165, 1.54) is 14.7 Å². The molecule has 0 fully saturated rings. The Hall–Kier alpha value is -3.24. The number of carboxylic acid groups (broad SMARTS) is 1. The molecule has 188 valence electrons. The van der Waals surface area contributed by atoms with Crippen LogP contribution in [0.3, 0.4) is 0 Å². The number of nitrogens with zero attached hydrogens (tertiary/aromatic N) is 2. The van der Waals surface area contributed by atoms with Crippen molar-refractivity contribution in [3.05, 3.63) is 116 Å². The predicted molar refractivity (Wildman–Crippen MR) is 156 cm³/mol. The lowest BCUT2D eigenvalue weighted by Gasteiger charge is -2.23. The van der Waals surface area contributed by atoms with E-state index < -0.39 is 12.1 Å². The number of fused-ring (bicyclic) bond motifs is 3. The van der Waals surface area contributed by atoms with Gasteiger partial charge in [-0.2, -0.15) is 0 Å². The summed E-state index contributed by atoms with van der Waals surface area (Å²) in [5.74, 6) is -1.05. The second-order valence-corrected chi connectivity index (χ2v) is 10.3. The summed E-state index contributed by atoms with van der Waals surface area (Å²) in [5.41, 5.74) is 5.02. The van der Waals surface area contributed by atoms with Gasteiger partial charge in [0.05, 0.1) is 18.3 Å². The van der Waals surface area contributed by atoms with E-state index in [0.717, 1.165) is 22.3 Å². The fourth-order valence-corrected chi connectivity index (χ4v) is 4.80. The Morgan fingerprint density at radius 2 is 1.49 bits per heavy atom. The van der Waals surface area contributed by atoms with Crippen molar-refractivity contribution in [2.75, 3.05) is 18.1 Å². The van der Waals surface area contributed by atoms with Gasteiger partial charge in [0.2, 0.25) is 0 Å². The smallest absolute Gasteiger partial charge is 0.414 e. The number of amides is 1. The average molecular weight is 671 g/mol. The normalized spacial score (nSPS) is 11.5. The standard InChI is InChI=1S/C23H19BrN2O4.C6H5I/c24-21-10-9-15(13-25-21)26(12-11-22(27)28)23(29)30-14-20-18-7-3-1-5-16(18)17-6-2-4-8-19(17)20;7-6-4-2-1-3-5-6/h1-10,13,20H,11-12,14H2,(H,27,28);1-5H. The maximum absolute atomic E-state index is 12.9. The highest BCUT2D eigenvalue weighted by Crippen LogP contribution is 2.44. The lowest BCUT2D eigenvalue weighted by Crippen LogP contribution is -2.34. The van der Waals surface area contributed by atoms with Crippen LogP contribution < -0.4 is 4.90 Å². The Kier molecular flexibility index (Phi) is 9.29. The van der Waals surface area contributed by atoms with E-state index in [4.69, 9.17) is 9.84 Å². The summed E-state index contributed by atoms with van der Waals surface area (Å²) >= 11 is 5.54. The van der Waals surface area contributed by atoms with Crippen molar-refractivity contribution in [1.29, 1.82) is 0 Å². The van der Waals surface area contributed by atoms with Gasteiger partial charge in [-0.05, 0) is 85.0 Å². The number of ether oxygens (including phenoxy) is 1. The number of halogens is 2. The van der Waals surface area contributed by atoms with Crippen molar-refractivity contribution in [2.24, 2.45) is 0 Å². The minimum atomic E-state index is -0.989. The van der Waals surface area contributed by atoms with Crippen molar-refractivity contribution < 1.29 is 19.4 Å². The molecule has 0 saturated heterocycles. The highest BCUT2D eigenvalue weighted by Gasteiger charge is 2.30. The van der Waals surface area contributed by atoms with Gasteiger partial charge < -0.3 is 9.84 Å². The monoisotopic (exact) mass is 670 g/mol. The number of pyridine rings is 1. The summed E-state index contributed by atoms with van der Waals surface area (Å²) in [5, 5.41) is 9.05. The number of carbonyl (C=O) groups is 2. The molecule has 0 saturated carbocycles. The van der Waals surface area contributed by atoms with E-state index in [0.29, 0.717) is 10.3 Å². The van der Waals surface area contributed by atoms with E-state index in [2.05, 4.69) is 79.9 Å². The van der Waals surface area contributed by atoms with E-state index in [-0.39, 0.29) is 25.5 Å². The van der Waals surface area contributed by atoms with Crippen LogP contribution in [-0.4, -0.2) is 35.3 Å². The molecule has 0 atom stereocenters. The highest BCUT2D eigenvalue weighted by molar-refractivity contribution is 14.1. The molecule has 1 heterocycles. The van der Waals surface area contributed by atoms with Crippen molar-refractivity contribution in [2.45, 2.75) is 12.3 Å². The molecule has 4 aromatic rings. The molecule has 5 rings (SSSR count). The van der Waals surface area contributed by atoms with Gasteiger partial charge in [0, 0.05) is 16.0 Å². The van der Waals surface area contributed by atoms with Crippen molar-refractivity contribution >= 4 is 56.3 Å². The Bertz CT molecular complexity index is 1320. The van der Waals surface area contributed by atoms with Crippen molar-refractivity contribution in [3.63, 3.8) is 0 Å². The van der Waals surface area contributed by atoms with Crippen LogP contribution in [-0.2, 0) is 9.53 Å². The molecule has 0 aliphatic heterocycles. The van der Waals surface area contributed by atoms with Crippen molar-refractivity contribution in [1.82, 2.24) is 4.98 Å². The fourth-order valence-electron chi connectivity index (χ4n) is 4.15. The van der Waals surface area contributed by atoms with Gasteiger partial charge in [-0.1, -0.05) is 66.7 Å². The molecule has 1 aromatic heterocycles. The van der Waals surface area contributed by atoms with Crippen LogP contribution >= 0.6 is 38.5 Å². The van der Waals surface area contributed by atoms with E-state index in [9.17, 15) is 9.59 Å². The number of aromatic nitrogens is 1. The van der Waals surface area contributed by atoms with Crippen molar-refractivity contribution in [3.8, 4) is 11.1 Å². The van der Waals surface area contributed by atoms with Crippen LogP contribution in [0, 0.1) is 3.57 Å². The highest BCUT2D eigenvalue weighted by atomic mass is 127. The fraction of sp³-hybridized carbons (Fsp3) is 0.138. The van der Waals surface area contributed by atoms with Crippen LogP contribution in [0.25, 0.3) is 11.1 Å². The maximum Gasteiger partial charge on any atom is 0.414 e. The largest absolute Gasteiger partial charge is 0.481 e. The number of anilines is 1. The van der Waals surface area contributed by atoms with Gasteiger partial charge in [-0.15, -0.1) is 0 Å². The molecule has 1 amide bonds. The number of aliphatic carboxylic acids is 1. The van der Waals surface area contributed by atoms with E-state index in [1.54, 1.807) is 12.1 Å². The first-order chi connectivity index (χ1) is 17.9. The lowest BCUT2D eigenvalue weighted by molar-refractivity contribution is -0.136. The molecular formula is C29H24BrIN2O4. The molecular weight excluding hydrogens is 647 g/mol. The number of carbonyl (C=O) groups excluding carboxylic acids is 1. The third kappa shape index (κ3) is 6.95. The summed E-state index contributed by atoms with van der Waals surface area (Å²) in [6, 6.07) is 29.8. The minimum Gasteiger partial charge on any atom is -0.481 e. The molecule has 1 aliphatic rings. The summed E-state index contributed by atoms with van der Waals surface area (Å²) < 4.78 is 7.59. The second-order valence-electron chi connectivity index (χ2n) is 8.23. The third-order valence-corrected chi connectivity index (χ3v) is 7.05. The molecule has 1 aliphatic carbocycles. The zero-order valence-electron chi connectivity index (χ0n) is 19.8. The molecule has 37 heavy (non-hydrogen) atoms.